The van der Waals surface area contributed by atoms with Crippen LogP contribution in [0.1, 0.15) is 12.8 Å². The van der Waals surface area contributed by atoms with Gasteiger partial charge in [-0.2, -0.15) is 4.31 Å². The van der Waals surface area contributed by atoms with E-state index in [9.17, 15) is 16.8 Å². The fourth-order valence-corrected chi connectivity index (χ4v) is 5.07. The lowest BCUT2D eigenvalue weighted by Gasteiger charge is -2.30. The van der Waals surface area contributed by atoms with Crippen molar-refractivity contribution in [3.63, 3.8) is 0 Å². The number of piperidine rings is 1. The van der Waals surface area contributed by atoms with Crippen LogP contribution in [0.15, 0.2) is 23.1 Å². The second-order valence-corrected chi connectivity index (χ2v) is 9.39. The molecule has 118 valence electrons. The molecule has 2 rings (SSSR count). The van der Waals surface area contributed by atoms with Gasteiger partial charge in [-0.3, -0.25) is 0 Å². The Kier molecular flexibility index (Phi) is 4.87. The van der Waals surface area contributed by atoms with E-state index >= 15 is 0 Å². The maximum Gasteiger partial charge on any atom is 0.243 e. The number of halogens is 2. The zero-order valence-electron chi connectivity index (χ0n) is 10.9. The number of primary sulfonamides is 1. The highest BCUT2D eigenvalue weighted by Gasteiger charge is 2.34. The molecule has 1 atom stereocenters. The monoisotopic (exact) mass is 372 g/mol. The van der Waals surface area contributed by atoms with Gasteiger partial charge in [0.15, 0.2) is 0 Å². The quantitative estimate of drug-likeness (QED) is 0.867. The van der Waals surface area contributed by atoms with Gasteiger partial charge in [-0.05, 0) is 31.0 Å². The summed E-state index contributed by atoms with van der Waals surface area (Å²) < 4.78 is 49.0. The lowest BCUT2D eigenvalue weighted by molar-refractivity contribution is 0.346. The normalized spacial score (nSPS) is 21.4. The molecule has 0 aliphatic carbocycles. The molecule has 0 amide bonds. The maximum absolute atomic E-state index is 12.5. The van der Waals surface area contributed by atoms with Crippen LogP contribution < -0.4 is 5.14 Å². The number of nitrogens with zero attached hydrogens (tertiary/aromatic N) is 1. The highest BCUT2D eigenvalue weighted by Crippen LogP contribution is 2.28. The molecule has 21 heavy (non-hydrogen) atoms. The number of benzene rings is 1. The van der Waals surface area contributed by atoms with E-state index in [4.69, 9.17) is 28.3 Å². The minimum absolute atomic E-state index is 0.0213. The third-order valence-electron chi connectivity index (χ3n) is 3.33. The van der Waals surface area contributed by atoms with Crippen LogP contribution in [-0.4, -0.2) is 39.5 Å². The van der Waals surface area contributed by atoms with Crippen LogP contribution in [0.2, 0.25) is 10.0 Å². The zero-order chi connectivity index (χ0) is 15.8. The molecule has 1 saturated heterocycles. The largest absolute Gasteiger partial charge is 0.243 e. The summed E-state index contributed by atoms with van der Waals surface area (Å²) in [5, 5.41) is 4.59. The molecule has 0 aromatic heterocycles. The van der Waals surface area contributed by atoms with Gasteiger partial charge in [0.25, 0.3) is 0 Å². The first-order valence-electron chi connectivity index (χ1n) is 6.09. The van der Waals surface area contributed by atoms with Gasteiger partial charge in [0.2, 0.25) is 20.0 Å². The summed E-state index contributed by atoms with van der Waals surface area (Å²) in [6, 6.07) is 3.97. The average Bonchev–Trinajstić information content (AvgIpc) is 2.41. The zero-order valence-corrected chi connectivity index (χ0v) is 14.0. The van der Waals surface area contributed by atoms with E-state index in [2.05, 4.69) is 0 Å². The van der Waals surface area contributed by atoms with Crippen LogP contribution in [0.5, 0.6) is 0 Å². The predicted octanol–water partition coefficient (Wildman–Crippen LogP) is 1.44. The molecule has 0 spiro atoms. The van der Waals surface area contributed by atoms with Crippen LogP contribution in [-0.2, 0) is 20.0 Å². The molecule has 10 heteroatoms. The van der Waals surface area contributed by atoms with E-state index in [1.165, 1.54) is 18.2 Å². The third kappa shape index (κ3) is 3.69. The van der Waals surface area contributed by atoms with Crippen molar-refractivity contribution in [3.05, 3.63) is 28.2 Å². The molecular weight excluding hydrogens is 359 g/mol. The van der Waals surface area contributed by atoms with Crippen molar-refractivity contribution in [3.8, 4) is 0 Å². The van der Waals surface area contributed by atoms with Gasteiger partial charge in [-0.15, -0.1) is 0 Å². The molecular formula is C11H14Cl2N2O4S2. The Morgan fingerprint density at radius 3 is 2.38 bits per heavy atom. The molecule has 6 nitrogen and oxygen atoms in total. The molecule has 0 saturated carbocycles. The lowest BCUT2D eigenvalue weighted by atomic mass is 10.2. The van der Waals surface area contributed by atoms with Crippen molar-refractivity contribution in [1.82, 2.24) is 4.31 Å². The molecule has 1 aliphatic heterocycles. The molecule has 1 unspecified atom stereocenters. The average molecular weight is 373 g/mol. The summed E-state index contributed by atoms with van der Waals surface area (Å²) in [6.07, 6.45) is 0.786. The Morgan fingerprint density at radius 2 is 1.81 bits per heavy atom. The van der Waals surface area contributed by atoms with Gasteiger partial charge in [0.05, 0.1) is 20.2 Å². The fraction of sp³-hybridized carbons (Fsp3) is 0.455. The molecule has 1 aromatic carbocycles. The van der Waals surface area contributed by atoms with Crippen LogP contribution in [0.25, 0.3) is 0 Å². The second kappa shape index (κ2) is 6.02. The summed E-state index contributed by atoms with van der Waals surface area (Å²) in [7, 11) is -7.59. The van der Waals surface area contributed by atoms with Crippen molar-refractivity contribution in [2.24, 2.45) is 5.14 Å². The third-order valence-corrected chi connectivity index (χ3v) is 7.25. The molecule has 2 N–H and O–H groups in total. The van der Waals surface area contributed by atoms with Gasteiger partial charge in [0.1, 0.15) is 0 Å². The number of hydrogen-bond acceptors (Lipinski definition) is 4. The first kappa shape index (κ1) is 17.0. The minimum atomic E-state index is -3.82. The van der Waals surface area contributed by atoms with Crippen molar-refractivity contribution in [1.29, 1.82) is 0 Å². The lowest BCUT2D eigenvalue weighted by Crippen LogP contribution is -2.46. The molecule has 1 heterocycles. The SMILES string of the molecule is NS(=O)(=O)C1CCCN(S(=O)(=O)c2ccc(Cl)c(Cl)c2)C1. The number of nitrogens with two attached hydrogens (primary N) is 1. The molecule has 1 aromatic rings. The van der Waals surface area contributed by atoms with E-state index in [1.807, 2.05) is 0 Å². The standard InChI is InChI=1S/C11H14Cl2N2O4S2/c12-10-4-3-8(6-11(10)13)21(18,19)15-5-1-2-9(7-15)20(14,16)17/h3-4,6,9H,1-2,5,7H2,(H2,14,16,17). The van der Waals surface area contributed by atoms with Crippen molar-refractivity contribution in [2.45, 2.75) is 23.0 Å². The Morgan fingerprint density at radius 1 is 1.14 bits per heavy atom. The van der Waals surface area contributed by atoms with Crippen LogP contribution >= 0.6 is 23.2 Å². The molecule has 1 fully saturated rings. The number of hydrogen-bond donors (Lipinski definition) is 1. The van der Waals surface area contributed by atoms with E-state index in [0.717, 1.165) is 4.31 Å². The Hall–Kier alpha value is -0.380. The molecule has 1 aliphatic rings. The maximum atomic E-state index is 12.5. The van der Waals surface area contributed by atoms with Gasteiger partial charge in [-0.25, -0.2) is 22.0 Å². The van der Waals surface area contributed by atoms with Gasteiger partial charge >= 0.3 is 0 Å². The van der Waals surface area contributed by atoms with Crippen LogP contribution in [0.3, 0.4) is 0 Å². The van der Waals surface area contributed by atoms with E-state index in [0.29, 0.717) is 12.8 Å². The number of rotatable bonds is 3. The first-order valence-corrected chi connectivity index (χ1v) is 9.90. The van der Waals surface area contributed by atoms with E-state index < -0.39 is 25.3 Å². The minimum Gasteiger partial charge on any atom is -0.228 e. The summed E-state index contributed by atoms with van der Waals surface area (Å²) in [5.74, 6) is 0. The summed E-state index contributed by atoms with van der Waals surface area (Å²) in [5.41, 5.74) is 0. The predicted molar refractivity (Wildman–Crippen MR) is 81.4 cm³/mol. The van der Waals surface area contributed by atoms with Crippen molar-refractivity contribution >= 4 is 43.2 Å². The Balaban J connectivity index is 2.33. The van der Waals surface area contributed by atoms with E-state index in [-0.39, 0.29) is 28.0 Å². The van der Waals surface area contributed by atoms with Gasteiger partial charge in [-0.1, -0.05) is 23.2 Å². The molecule has 0 bridgehead atoms. The second-order valence-electron chi connectivity index (χ2n) is 4.79. The van der Waals surface area contributed by atoms with Gasteiger partial charge < -0.3 is 0 Å². The molecule has 0 radical (unpaired) electrons. The van der Waals surface area contributed by atoms with E-state index in [1.54, 1.807) is 0 Å². The Labute approximate surface area is 133 Å². The fourth-order valence-electron chi connectivity index (χ4n) is 2.18. The smallest absolute Gasteiger partial charge is 0.228 e. The Bertz CT molecular complexity index is 749. The summed E-state index contributed by atoms with van der Waals surface area (Å²) >= 11 is 11.6. The summed E-state index contributed by atoms with van der Waals surface area (Å²) in [4.78, 5) is -0.0213. The topological polar surface area (TPSA) is 97.5 Å². The van der Waals surface area contributed by atoms with Gasteiger partial charge in [0, 0.05) is 13.1 Å². The van der Waals surface area contributed by atoms with Crippen LogP contribution in [0, 0.1) is 0 Å². The highest BCUT2D eigenvalue weighted by molar-refractivity contribution is 7.90. The first-order chi connectivity index (χ1) is 9.62. The summed E-state index contributed by atoms with van der Waals surface area (Å²) in [6.45, 7) is 0.0933. The van der Waals surface area contributed by atoms with Crippen LogP contribution in [0.4, 0.5) is 0 Å². The highest BCUT2D eigenvalue weighted by atomic mass is 35.5. The van der Waals surface area contributed by atoms with Crippen molar-refractivity contribution < 1.29 is 16.8 Å². The number of sulfonamides is 2. The van der Waals surface area contributed by atoms with Crippen molar-refractivity contribution in [2.75, 3.05) is 13.1 Å².